The summed E-state index contributed by atoms with van der Waals surface area (Å²) < 4.78 is 10.8. The minimum absolute atomic E-state index is 0.0659. The van der Waals surface area contributed by atoms with E-state index in [1.807, 2.05) is 6.92 Å². The Kier molecular flexibility index (Phi) is 3.57. The van der Waals surface area contributed by atoms with Crippen LogP contribution in [0.1, 0.15) is 5.56 Å². The minimum atomic E-state index is 0.0659. The Hall–Kier alpha value is -2.36. The number of phenolic OH excluding ortho intramolecular Hbond substituents is 2. The first-order chi connectivity index (χ1) is 8.65. The van der Waals surface area contributed by atoms with Crippen molar-refractivity contribution in [2.75, 3.05) is 6.79 Å². The molecule has 0 spiro atoms. The summed E-state index contributed by atoms with van der Waals surface area (Å²) in [6.45, 7) is 1.91. The van der Waals surface area contributed by atoms with Gasteiger partial charge in [0.25, 0.3) is 0 Å². The molecule has 4 nitrogen and oxygen atoms in total. The van der Waals surface area contributed by atoms with E-state index >= 15 is 0 Å². The molecule has 2 N–H and O–H groups in total. The van der Waals surface area contributed by atoms with Crippen LogP contribution in [0.25, 0.3) is 0 Å². The average molecular weight is 246 g/mol. The van der Waals surface area contributed by atoms with Crippen LogP contribution < -0.4 is 9.47 Å². The van der Waals surface area contributed by atoms with Crippen LogP contribution in [0.3, 0.4) is 0 Å². The first-order valence-corrected chi connectivity index (χ1v) is 5.49. The molecule has 2 aromatic carbocycles. The number of aromatic hydroxyl groups is 2. The molecule has 94 valence electrons. The number of benzene rings is 2. The molecule has 0 radical (unpaired) electrons. The summed E-state index contributed by atoms with van der Waals surface area (Å²) in [6, 6.07) is 11.3. The van der Waals surface area contributed by atoms with Crippen molar-refractivity contribution in [3.8, 4) is 23.0 Å². The maximum absolute atomic E-state index is 9.26. The molecule has 0 unspecified atom stereocenters. The molecular weight excluding hydrogens is 232 g/mol. The second-order valence-electron chi connectivity index (χ2n) is 3.85. The molecule has 18 heavy (non-hydrogen) atoms. The van der Waals surface area contributed by atoms with E-state index in [0.29, 0.717) is 11.5 Å². The van der Waals surface area contributed by atoms with Gasteiger partial charge >= 0.3 is 0 Å². The molecule has 0 fully saturated rings. The molecule has 2 aromatic rings. The Labute approximate surface area is 105 Å². The predicted octanol–water partition coefficient (Wildman–Crippen LogP) is 2.82. The molecule has 0 heterocycles. The van der Waals surface area contributed by atoms with Crippen molar-refractivity contribution in [2.24, 2.45) is 0 Å². The maximum Gasteiger partial charge on any atom is 0.230 e. The third-order valence-corrected chi connectivity index (χ3v) is 2.44. The van der Waals surface area contributed by atoms with Gasteiger partial charge in [0.15, 0.2) is 0 Å². The normalized spacial score (nSPS) is 10.1. The smallest absolute Gasteiger partial charge is 0.230 e. The number of phenols is 2. The van der Waals surface area contributed by atoms with Gasteiger partial charge in [0.2, 0.25) is 6.79 Å². The fourth-order valence-electron chi connectivity index (χ4n) is 1.50. The Balaban J connectivity index is 1.90. The van der Waals surface area contributed by atoms with Crippen LogP contribution in [0.2, 0.25) is 0 Å². The highest BCUT2D eigenvalue weighted by Crippen LogP contribution is 2.22. The van der Waals surface area contributed by atoms with Gasteiger partial charge in [-0.3, -0.25) is 0 Å². The predicted molar refractivity (Wildman–Crippen MR) is 67.1 cm³/mol. The first kappa shape index (κ1) is 12.1. The van der Waals surface area contributed by atoms with E-state index in [2.05, 4.69) is 0 Å². The maximum atomic E-state index is 9.26. The molecule has 0 amide bonds. The van der Waals surface area contributed by atoms with E-state index < -0.39 is 0 Å². The Morgan fingerprint density at radius 2 is 1.56 bits per heavy atom. The Morgan fingerprint density at radius 1 is 0.889 bits per heavy atom. The van der Waals surface area contributed by atoms with E-state index in [1.54, 1.807) is 42.5 Å². The molecule has 0 aliphatic heterocycles. The standard InChI is InChI=1S/C14H14O4/c1-10-8-12(16)4-7-14(10)18-9-17-13-5-2-11(15)3-6-13/h2-8,15-16H,9H2,1H3. The summed E-state index contributed by atoms with van der Waals surface area (Å²) >= 11 is 0. The zero-order valence-corrected chi connectivity index (χ0v) is 9.96. The van der Waals surface area contributed by atoms with Gasteiger partial charge in [-0.1, -0.05) is 0 Å². The summed E-state index contributed by atoms with van der Waals surface area (Å²) in [4.78, 5) is 0. The van der Waals surface area contributed by atoms with Crippen LogP contribution in [0.15, 0.2) is 42.5 Å². The lowest BCUT2D eigenvalue weighted by Crippen LogP contribution is -2.06. The Morgan fingerprint density at radius 3 is 2.22 bits per heavy atom. The molecule has 0 aliphatic carbocycles. The topological polar surface area (TPSA) is 58.9 Å². The van der Waals surface area contributed by atoms with Gasteiger partial charge in [-0.2, -0.15) is 0 Å². The summed E-state index contributed by atoms with van der Waals surface area (Å²) in [5.74, 6) is 1.67. The number of hydrogen-bond donors (Lipinski definition) is 2. The van der Waals surface area contributed by atoms with Crippen molar-refractivity contribution in [1.29, 1.82) is 0 Å². The van der Waals surface area contributed by atoms with Crippen LogP contribution in [-0.4, -0.2) is 17.0 Å². The van der Waals surface area contributed by atoms with E-state index in [1.165, 1.54) is 0 Å². The van der Waals surface area contributed by atoms with Gasteiger partial charge in [0.1, 0.15) is 23.0 Å². The lowest BCUT2D eigenvalue weighted by molar-refractivity contribution is 0.119. The Bertz CT molecular complexity index is 520. The number of rotatable bonds is 4. The summed E-state index contributed by atoms with van der Waals surface area (Å²) in [7, 11) is 0. The molecule has 0 saturated heterocycles. The lowest BCUT2D eigenvalue weighted by atomic mass is 10.2. The quantitative estimate of drug-likeness (QED) is 0.814. The summed E-state index contributed by atoms with van der Waals surface area (Å²) in [5.41, 5.74) is 0.837. The van der Waals surface area contributed by atoms with Gasteiger partial charge in [-0.05, 0) is 55.0 Å². The van der Waals surface area contributed by atoms with Gasteiger partial charge in [-0.15, -0.1) is 0 Å². The van der Waals surface area contributed by atoms with Crippen molar-refractivity contribution in [3.63, 3.8) is 0 Å². The van der Waals surface area contributed by atoms with Crippen LogP contribution >= 0.6 is 0 Å². The lowest BCUT2D eigenvalue weighted by Gasteiger charge is -2.10. The van der Waals surface area contributed by atoms with Crippen molar-refractivity contribution in [2.45, 2.75) is 6.92 Å². The van der Waals surface area contributed by atoms with Crippen LogP contribution in [-0.2, 0) is 0 Å². The number of aryl methyl sites for hydroxylation is 1. The van der Waals surface area contributed by atoms with E-state index in [0.717, 1.165) is 5.56 Å². The summed E-state index contributed by atoms with van der Waals surface area (Å²) in [6.07, 6.45) is 0. The number of ether oxygens (including phenoxy) is 2. The van der Waals surface area contributed by atoms with E-state index in [-0.39, 0.29) is 18.3 Å². The average Bonchev–Trinajstić information content (AvgIpc) is 2.34. The molecule has 0 aromatic heterocycles. The molecule has 0 aliphatic rings. The third-order valence-electron chi connectivity index (χ3n) is 2.44. The van der Waals surface area contributed by atoms with E-state index in [4.69, 9.17) is 14.6 Å². The second-order valence-corrected chi connectivity index (χ2v) is 3.85. The number of hydrogen-bond acceptors (Lipinski definition) is 4. The zero-order chi connectivity index (χ0) is 13.0. The van der Waals surface area contributed by atoms with E-state index in [9.17, 15) is 5.11 Å². The van der Waals surface area contributed by atoms with Gasteiger partial charge in [-0.25, -0.2) is 0 Å². The highest BCUT2D eigenvalue weighted by Gasteiger charge is 2.01. The third kappa shape index (κ3) is 3.07. The summed E-state index contributed by atoms with van der Waals surface area (Å²) in [5, 5.41) is 18.4. The van der Waals surface area contributed by atoms with Crippen molar-refractivity contribution >= 4 is 0 Å². The first-order valence-electron chi connectivity index (χ1n) is 5.49. The zero-order valence-electron chi connectivity index (χ0n) is 9.96. The molecule has 0 saturated carbocycles. The van der Waals surface area contributed by atoms with Crippen molar-refractivity contribution < 1.29 is 19.7 Å². The molecule has 0 bridgehead atoms. The fourth-order valence-corrected chi connectivity index (χ4v) is 1.50. The largest absolute Gasteiger partial charge is 0.508 e. The van der Waals surface area contributed by atoms with Gasteiger partial charge in [0.05, 0.1) is 0 Å². The highest BCUT2D eigenvalue weighted by atomic mass is 16.7. The molecular formula is C14H14O4. The van der Waals surface area contributed by atoms with Crippen LogP contribution in [0.5, 0.6) is 23.0 Å². The van der Waals surface area contributed by atoms with Crippen molar-refractivity contribution in [3.05, 3.63) is 48.0 Å². The highest BCUT2D eigenvalue weighted by molar-refractivity contribution is 5.38. The molecule has 0 atom stereocenters. The van der Waals surface area contributed by atoms with Crippen LogP contribution in [0, 0.1) is 6.92 Å². The molecule has 4 heteroatoms. The second kappa shape index (κ2) is 5.31. The SMILES string of the molecule is Cc1cc(O)ccc1OCOc1ccc(O)cc1. The fraction of sp³-hybridized carbons (Fsp3) is 0.143. The van der Waals surface area contributed by atoms with Gasteiger partial charge < -0.3 is 19.7 Å². The molecule has 2 rings (SSSR count). The monoisotopic (exact) mass is 246 g/mol. The van der Waals surface area contributed by atoms with Gasteiger partial charge in [0, 0.05) is 0 Å². The van der Waals surface area contributed by atoms with Crippen LogP contribution in [0.4, 0.5) is 0 Å². The minimum Gasteiger partial charge on any atom is -0.508 e. The van der Waals surface area contributed by atoms with Crippen molar-refractivity contribution in [1.82, 2.24) is 0 Å².